The highest BCUT2D eigenvalue weighted by Gasteiger charge is 2.49. The Morgan fingerprint density at radius 2 is 1.77 bits per heavy atom. The molecule has 0 saturated carbocycles. The molecule has 2 aromatic carbocycles. The monoisotopic (exact) mass is 477 g/mol. The summed E-state index contributed by atoms with van der Waals surface area (Å²) in [5.41, 5.74) is 0.282. The summed E-state index contributed by atoms with van der Waals surface area (Å²) in [5.74, 6) is 0.593. The van der Waals surface area contributed by atoms with Gasteiger partial charge in [0, 0.05) is 16.7 Å². The predicted molar refractivity (Wildman–Crippen MR) is 128 cm³/mol. The van der Waals surface area contributed by atoms with Crippen LogP contribution in [0.1, 0.15) is 39.1 Å². The lowest BCUT2D eigenvalue weighted by molar-refractivity contribution is -0.133. The second-order valence-corrected chi connectivity index (χ2v) is 9.47. The van der Waals surface area contributed by atoms with Gasteiger partial charge in [-0.25, -0.2) is 4.79 Å². The number of urea groups is 1. The minimum Gasteiger partial charge on any atom is -0.497 e. The second kappa shape index (κ2) is 8.86. The molecule has 2 heterocycles. The molecule has 182 valence electrons. The van der Waals surface area contributed by atoms with Crippen LogP contribution >= 0.6 is 0 Å². The first-order valence-electron chi connectivity index (χ1n) is 11.0. The molecule has 10 heteroatoms. The highest BCUT2D eigenvalue weighted by molar-refractivity contribution is 6.10. The zero-order valence-corrected chi connectivity index (χ0v) is 20.2. The van der Waals surface area contributed by atoms with E-state index in [-0.39, 0.29) is 5.41 Å². The largest absolute Gasteiger partial charge is 0.497 e. The average Bonchev–Trinajstić information content (AvgIpc) is 3.40. The van der Waals surface area contributed by atoms with Crippen LogP contribution in [0.5, 0.6) is 5.75 Å². The lowest BCUT2D eigenvalue weighted by atomic mass is 9.92. The molecule has 1 atom stereocenters. The third kappa shape index (κ3) is 4.72. The normalized spacial score (nSPS) is 17.9. The molecule has 2 N–H and O–H groups in total. The van der Waals surface area contributed by atoms with E-state index in [1.54, 1.807) is 62.6 Å². The first kappa shape index (κ1) is 23.9. The molecule has 0 bridgehead atoms. The van der Waals surface area contributed by atoms with Gasteiger partial charge in [-0.2, -0.15) is 4.98 Å². The van der Waals surface area contributed by atoms with Crippen LogP contribution in [0.2, 0.25) is 0 Å². The van der Waals surface area contributed by atoms with E-state index >= 15 is 0 Å². The van der Waals surface area contributed by atoms with Crippen LogP contribution in [-0.2, 0) is 20.5 Å². The van der Waals surface area contributed by atoms with Crippen molar-refractivity contribution in [2.45, 2.75) is 38.6 Å². The lowest BCUT2D eigenvalue weighted by Gasteiger charge is -2.22. The minimum absolute atomic E-state index is 0.262. The van der Waals surface area contributed by atoms with Crippen molar-refractivity contribution in [3.05, 3.63) is 60.0 Å². The summed E-state index contributed by atoms with van der Waals surface area (Å²) in [6.45, 7) is 7.13. The Morgan fingerprint density at radius 3 is 2.34 bits per heavy atom. The molecule has 1 aliphatic heterocycles. The molecule has 1 aromatic heterocycles. The molecule has 0 aliphatic carbocycles. The van der Waals surface area contributed by atoms with Crippen LogP contribution in [-0.4, -0.2) is 46.5 Å². The van der Waals surface area contributed by atoms with Gasteiger partial charge < -0.3 is 19.9 Å². The van der Waals surface area contributed by atoms with E-state index in [4.69, 9.17) is 9.26 Å². The Kier molecular flexibility index (Phi) is 6.06. The Morgan fingerprint density at radius 1 is 1.11 bits per heavy atom. The quantitative estimate of drug-likeness (QED) is 0.521. The SMILES string of the molecule is COc1ccc(C2(C)NC(=O)N(CC(=O)Nc3ccc(-c4noc(C(C)(C)C)n4)cc3)C2=O)cc1. The average molecular weight is 478 g/mol. The van der Waals surface area contributed by atoms with Gasteiger partial charge in [-0.3, -0.25) is 14.5 Å². The van der Waals surface area contributed by atoms with Crippen molar-refractivity contribution in [2.75, 3.05) is 19.0 Å². The summed E-state index contributed by atoms with van der Waals surface area (Å²) < 4.78 is 10.5. The highest BCUT2D eigenvalue weighted by atomic mass is 16.5. The van der Waals surface area contributed by atoms with Gasteiger partial charge in [0.05, 0.1) is 7.11 Å². The van der Waals surface area contributed by atoms with Crippen molar-refractivity contribution in [3.63, 3.8) is 0 Å². The second-order valence-electron chi connectivity index (χ2n) is 9.47. The molecule has 4 rings (SSSR count). The van der Waals surface area contributed by atoms with E-state index in [0.29, 0.717) is 28.7 Å². The number of amides is 4. The van der Waals surface area contributed by atoms with Gasteiger partial charge in [0.15, 0.2) is 0 Å². The van der Waals surface area contributed by atoms with Crippen molar-refractivity contribution in [1.29, 1.82) is 0 Å². The van der Waals surface area contributed by atoms with E-state index in [2.05, 4.69) is 20.8 Å². The smallest absolute Gasteiger partial charge is 0.325 e. The fraction of sp³-hybridized carbons (Fsp3) is 0.320. The third-order valence-corrected chi connectivity index (χ3v) is 5.74. The zero-order valence-electron chi connectivity index (χ0n) is 20.2. The molecular weight excluding hydrogens is 450 g/mol. The van der Waals surface area contributed by atoms with E-state index in [9.17, 15) is 14.4 Å². The minimum atomic E-state index is -1.28. The highest BCUT2D eigenvalue weighted by Crippen LogP contribution is 2.30. The summed E-state index contributed by atoms with van der Waals surface area (Å²) >= 11 is 0. The topological polar surface area (TPSA) is 127 Å². The van der Waals surface area contributed by atoms with Crippen LogP contribution in [0, 0.1) is 0 Å². The van der Waals surface area contributed by atoms with E-state index in [0.717, 1.165) is 10.5 Å². The van der Waals surface area contributed by atoms with Crippen LogP contribution in [0.4, 0.5) is 10.5 Å². The van der Waals surface area contributed by atoms with Crippen molar-refractivity contribution in [2.24, 2.45) is 0 Å². The number of hydrogen-bond acceptors (Lipinski definition) is 7. The van der Waals surface area contributed by atoms with Gasteiger partial charge in [0.25, 0.3) is 5.91 Å². The predicted octanol–water partition coefficient (Wildman–Crippen LogP) is 3.45. The van der Waals surface area contributed by atoms with Gasteiger partial charge in [0.2, 0.25) is 17.6 Å². The molecule has 1 saturated heterocycles. The number of hydrogen-bond donors (Lipinski definition) is 2. The summed E-state index contributed by atoms with van der Waals surface area (Å²) in [6, 6.07) is 13.1. The van der Waals surface area contributed by atoms with Crippen molar-refractivity contribution in [1.82, 2.24) is 20.4 Å². The van der Waals surface area contributed by atoms with Crippen molar-refractivity contribution < 1.29 is 23.6 Å². The molecule has 1 fully saturated rings. The molecular formula is C25H27N5O5. The Hall–Kier alpha value is -4.21. The maximum Gasteiger partial charge on any atom is 0.325 e. The number of methoxy groups -OCH3 is 1. The maximum absolute atomic E-state index is 13.1. The maximum atomic E-state index is 13.1. The lowest BCUT2D eigenvalue weighted by Crippen LogP contribution is -2.42. The van der Waals surface area contributed by atoms with Crippen LogP contribution in [0.15, 0.2) is 53.1 Å². The molecule has 0 spiro atoms. The summed E-state index contributed by atoms with van der Waals surface area (Å²) in [4.78, 5) is 43.5. The first-order valence-corrected chi connectivity index (χ1v) is 11.0. The van der Waals surface area contributed by atoms with Crippen molar-refractivity contribution >= 4 is 23.5 Å². The first-order chi connectivity index (χ1) is 16.5. The number of carbonyl (C=O) groups excluding carboxylic acids is 3. The van der Waals surface area contributed by atoms with Gasteiger partial charge in [0.1, 0.15) is 17.8 Å². The number of ether oxygens (including phenoxy) is 1. The van der Waals surface area contributed by atoms with E-state index in [1.807, 2.05) is 20.8 Å². The molecule has 3 aromatic rings. The number of aromatic nitrogens is 2. The van der Waals surface area contributed by atoms with Crippen LogP contribution < -0.4 is 15.4 Å². The summed E-state index contributed by atoms with van der Waals surface area (Å²) in [7, 11) is 1.54. The molecule has 4 amide bonds. The number of nitrogens with zero attached hydrogens (tertiary/aromatic N) is 3. The van der Waals surface area contributed by atoms with Gasteiger partial charge >= 0.3 is 6.03 Å². The number of carbonyl (C=O) groups is 3. The molecule has 1 aliphatic rings. The number of rotatable bonds is 6. The number of imide groups is 1. The standard InChI is InChI=1S/C25H27N5O5/c1-24(2,3)21-27-20(29-35-21)15-6-10-17(11-7-15)26-19(31)14-30-22(32)25(4,28-23(30)33)16-8-12-18(34-5)13-9-16/h6-13H,14H2,1-5H3,(H,26,31)(H,28,33). The Balaban J connectivity index is 1.41. The number of nitrogens with one attached hydrogen (secondary N) is 2. The fourth-order valence-corrected chi connectivity index (χ4v) is 3.65. The van der Waals surface area contributed by atoms with E-state index in [1.165, 1.54) is 0 Å². The molecule has 0 radical (unpaired) electrons. The Labute approximate surface area is 202 Å². The van der Waals surface area contributed by atoms with Crippen LogP contribution in [0.25, 0.3) is 11.4 Å². The van der Waals surface area contributed by atoms with Gasteiger partial charge in [-0.1, -0.05) is 38.1 Å². The zero-order chi connectivity index (χ0) is 25.4. The summed E-state index contributed by atoms with van der Waals surface area (Å²) in [5, 5.41) is 9.40. The van der Waals surface area contributed by atoms with Crippen LogP contribution in [0.3, 0.4) is 0 Å². The number of anilines is 1. The van der Waals surface area contributed by atoms with Gasteiger partial charge in [-0.05, 0) is 48.9 Å². The fourth-order valence-electron chi connectivity index (χ4n) is 3.65. The molecule has 35 heavy (non-hydrogen) atoms. The molecule has 10 nitrogen and oxygen atoms in total. The van der Waals surface area contributed by atoms with E-state index < -0.39 is 29.9 Å². The van der Waals surface area contributed by atoms with Crippen molar-refractivity contribution in [3.8, 4) is 17.1 Å². The molecule has 1 unspecified atom stereocenters. The van der Waals surface area contributed by atoms with Gasteiger partial charge in [-0.15, -0.1) is 0 Å². The summed E-state index contributed by atoms with van der Waals surface area (Å²) in [6.07, 6.45) is 0. The number of benzene rings is 2. The Bertz CT molecular complexity index is 1260. The third-order valence-electron chi connectivity index (χ3n) is 5.74.